The van der Waals surface area contributed by atoms with Gasteiger partial charge in [0.25, 0.3) is 0 Å². The number of alkyl halides is 3. The van der Waals surface area contributed by atoms with Crippen molar-refractivity contribution in [1.29, 1.82) is 0 Å². The van der Waals surface area contributed by atoms with E-state index in [9.17, 15) is 18.0 Å². The van der Waals surface area contributed by atoms with E-state index in [0.717, 1.165) is 11.4 Å². The summed E-state index contributed by atoms with van der Waals surface area (Å²) in [6, 6.07) is 0. The van der Waals surface area contributed by atoms with Crippen molar-refractivity contribution < 1.29 is 18.0 Å². The first-order valence-electron chi connectivity index (χ1n) is 4.88. The molecule has 0 spiro atoms. The van der Waals surface area contributed by atoms with Gasteiger partial charge >= 0.3 is 6.18 Å². The largest absolute Gasteiger partial charge is 0.390 e. The van der Waals surface area contributed by atoms with Gasteiger partial charge in [0.1, 0.15) is 0 Å². The number of nitrogens with one attached hydrogen (secondary N) is 1. The second-order valence-corrected chi connectivity index (χ2v) is 3.28. The molecule has 1 amide bonds. The molecule has 0 aliphatic heterocycles. The third-order valence-electron chi connectivity index (χ3n) is 1.92. The number of amides is 1. The zero-order chi connectivity index (χ0) is 11.9. The molecule has 0 fully saturated rings. The van der Waals surface area contributed by atoms with Crippen LogP contribution in [-0.4, -0.2) is 43.7 Å². The fourth-order valence-corrected chi connectivity index (χ4v) is 0.982. The number of rotatable bonds is 6. The molecule has 1 N–H and O–H groups in total. The lowest BCUT2D eigenvalue weighted by atomic mass is 10.3. The Hall–Kier alpha value is -0.780. The van der Waals surface area contributed by atoms with Crippen molar-refractivity contribution in [2.45, 2.75) is 25.9 Å². The topological polar surface area (TPSA) is 32.3 Å². The van der Waals surface area contributed by atoms with Crippen molar-refractivity contribution in [3.8, 4) is 0 Å². The summed E-state index contributed by atoms with van der Waals surface area (Å²) in [6.07, 6.45) is -4.91. The normalized spacial score (nSPS) is 11.5. The van der Waals surface area contributed by atoms with Gasteiger partial charge in [-0.15, -0.1) is 0 Å². The molecule has 0 aliphatic carbocycles. The van der Waals surface area contributed by atoms with Crippen LogP contribution in [0.25, 0.3) is 0 Å². The number of carbonyl (C=O) groups excluding carboxylic acids is 1. The van der Waals surface area contributed by atoms with E-state index in [1.807, 2.05) is 6.92 Å². The van der Waals surface area contributed by atoms with Gasteiger partial charge in [-0.25, -0.2) is 0 Å². The predicted octanol–water partition coefficient (Wildman–Crippen LogP) is 1.40. The summed E-state index contributed by atoms with van der Waals surface area (Å²) >= 11 is 0. The number of carbonyl (C=O) groups is 1. The molecule has 0 atom stereocenters. The zero-order valence-corrected chi connectivity index (χ0v) is 9.02. The maximum absolute atomic E-state index is 11.8. The van der Waals surface area contributed by atoms with E-state index in [-0.39, 0.29) is 18.9 Å². The molecule has 90 valence electrons. The number of hydrogen-bond donors (Lipinski definition) is 1. The average molecular weight is 226 g/mol. The monoisotopic (exact) mass is 226 g/mol. The quantitative estimate of drug-likeness (QED) is 0.694. The van der Waals surface area contributed by atoms with Gasteiger partial charge in [-0.3, -0.25) is 4.79 Å². The first kappa shape index (κ1) is 14.2. The summed E-state index contributed by atoms with van der Waals surface area (Å²) in [6.45, 7) is 2.89. The molecule has 3 nitrogen and oxygen atoms in total. The second-order valence-electron chi connectivity index (χ2n) is 3.28. The minimum absolute atomic E-state index is 0.238. The lowest BCUT2D eigenvalue weighted by Crippen LogP contribution is -2.32. The van der Waals surface area contributed by atoms with Gasteiger partial charge in [-0.2, -0.15) is 13.2 Å². The standard InChI is InChI=1S/C9H17F3N2O/c1-3-13-6-4-8(15)14(2)7-5-9(10,11)12/h13H,3-7H2,1-2H3. The Balaban J connectivity index is 3.70. The van der Waals surface area contributed by atoms with Crippen LogP contribution >= 0.6 is 0 Å². The molecule has 6 heteroatoms. The number of hydrogen-bond acceptors (Lipinski definition) is 2. The van der Waals surface area contributed by atoms with Crippen LogP contribution in [-0.2, 0) is 4.79 Å². The predicted molar refractivity (Wildman–Crippen MR) is 51.5 cm³/mol. The highest BCUT2D eigenvalue weighted by Gasteiger charge is 2.27. The first-order chi connectivity index (χ1) is 6.87. The molecule has 15 heavy (non-hydrogen) atoms. The van der Waals surface area contributed by atoms with Gasteiger partial charge in [0.15, 0.2) is 0 Å². The Labute approximate surface area is 87.6 Å². The van der Waals surface area contributed by atoms with Gasteiger partial charge in [-0.1, -0.05) is 6.92 Å². The third kappa shape index (κ3) is 8.23. The molecule has 0 radical (unpaired) electrons. The molecule has 0 saturated heterocycles. The van der Waals surface area contributed by atoms with Crippen LogP contribution in [0.2, 0.25) is 0 Å². The first-order valence-corrected chi connectivity index (χ1v) is 4.88. The van der Waals surface area contributed by atoms with Crippen molar-refractivity contribution in [2.75, 3.05) is 26.7 Å². The number of halogens is 3. The van der Waals surface area contributed by atoms with Crippen molar-refractivity contribution >= 4 is 5.91 Å². The molecule has 0 unspecified atom stereocenters. The van der Waals surface area contributed by atoms with Gasteiger partial charge in [0.2, 0.25) is 5.91 Å². The van der Waals surface area contributed by atoms with Crippen LogP contribution in [0.1, 0.15) is 19.8 Å². The fourth-order valence-electron chi connectivity index (χ4n) is 0.982. The number of nitrogens with zero attached hydrogens (tertiary/aromatic N) is 1. The summed E-state index contributed by atoms with van der Waals surface area (Å²) in [5.41, 5.74) is 0. The van der Waals surface area contributed by atoms with Crippen molar-refractivity contribution in [1.82, 2.24) is 10.2 Å². The summed E-state index contributed by atoms with van der Waals surface area (Å²) in [5.74, 6) is -0.264. The molecule has 0 aliphatic rings. The van der Waals surface area contributed by atoms with E-state index in [1.54, 1.807) is 0 Å². The molecule has 0 aromatic heterocycles. The van der Waals surface area contributed by atoms with E-state index >= 15 is 0 Å². The van der Waals surface area contributed by atoms with Gasteiger partial charge in [0, 0.05) is 26.6 Å². The summed E-state index contributed by atoms with van der Waals surface area (Å²) in [7, 11) is 1.39. The summed E-state index contributed by atoms with van der Waals surface area (Å²) in [5, 5.41) is 2.94. The third-order valence-corrected chi connectivity index (χ3v) is 1.92. The Morgan fingerprint density at radius 1 is 1.40 bits per heavy atom. The average Bonchev–Trinajstić information content (AvgIpc) is 2.13. The molecule has 0 saturated carbocycles. The van der Waals surface area contributed by atoms with Gasteiger partial charge < -0.3 is 10.2 Å². The highest BCUT2D eigenvalue weighted by Crippen LogP contribution is 2.19. The zero-order valence-electron chi connectivity index (χ0n) is 9.02. The summed E-state index contributed by atoms with van der Waals surface area (Å²) < 4.78 is 35.5. The van der Waals surface area contributed by atoms with Crippen LogP contribution in [0.3, 0.4) is 0 Å². The minimum Gasteiger partial charge on any atom is -0.345 e. The van der Waals surface area contributed by atoms with Crippen molar-refractivity contribution in [2.24, 2.45) is 0 Å². The molecule has 0 aromatic rings. The van der Waals surface area contributed by atoms with Crippen LogP contribution in [0.4, 0.5) is 13.2 Å². The lowest BCUT2D eigenvalue weighted by molar-refractivity contribution is -0.143. The smallest absolute Gasteiger partial charge is 0.345 e. The van der Waals surface area contributed by atoms with Crippen LogP contribution in [0.15, 0.2) is 0 Å². The Morgan fingerprint density at radius 3 is 2.47 bits per heavy atom. The van der Waals surface area contributed by atoms with E-state index in [4.69, 9.17) is 0 Å². The van der Waals surface area contributed by atoms with Crippen LogP contribution < -0.4 is 5.32 Å². The van der Waals surface area contributed by atoms with Gasteiger partial charge in [-0.05, 0) is 6.54 Å². The van der Waals surface area contributed by atoms with Crippen LogP contribution in [0, 0.1) is 0 Å². The van der Waals surface area contributed by atoms with Crippen molar-refractivity contribution in [3.05, 3.63) is 0 Å². The molecular formula is C9H17F3N2O. The van der Waals surface area contributed by atoms with Crippen molar-refractivity contribution in [3.63, 3.8) is 0 Å². The van der Waals surface area contributed by atoms with E-state index in [1.165, 1.54) is 7.05 Å². The van der Waals surface area contributed by atoms with E-state index in [0.29, 0.717) is 6.54 Å². The maximum Gasteiger partial charge on any atom is 0.390 e. The second kappa shape index (κ2) is 6.66. The molecular weight excluding hydrogens is 209 g/mol. The highest BCUT2D eigenvalue weighted by molar-refractivity contribution is 5.76. The fraction of sp³-hybridized carbons (Fsp3) is 0.889. The Morgan fingerprint density at radius 2 is 2.00 bits per heavy atom. The highest BCUT2D eigenvalue weighted by atomic mass is 19.4. The van der Waals surface area contributed by atoms with E-state index < -0.39 is 12.6 Å². The maximum atomic E-state index is 11.8. The Kier molecular flexibility index (Phi) is 6.31. The molecule has 0 rings (SSSR count). The molecule has 0 heterocycles. The van der Waals surface area contributed by atoms with Gasteiger partial charge in [0.05, 0.1) is 6.42 Å². The molecule has 0 bridgehead atoms. The minimum atomic E-state index is -4.20. The lowest BCUT2D eigenvalue weighted by Gasteiger charge is -2.18. The SMILES string of the molecule is CCNCCC(=O)N(C)CCC(F)(F)F. The Bertz CT molecular complexity index is 194. The van der Waals surface area contributed by atoms with E-state index in [2.05, 4.69) is 5.32 Å². The molecule has 0 aromatic carbocycles. The van der Waals surface area contributed by atoms with Crippen LogP contribution in [0.5, 0.6) is 0 Å². The summed E-state index contributed by atoms with van der Waals surface area (Å²) in [4.78, 5) is 12.4.